The molecule has 3 aromatic carbocycles. The average molecular weight is 463 g/mol. The van der Waals surface area contributed by atoms with E-state index in [-0.39, 0.29) is 0 Å². The minimum absolute atomic E-state index is 0.671. The molecule has 0 aromatic heterocycles. The minimum Gasteiger partial charge on any atom is -0.355 e. The predicted molar refractivity (Wildman–Crippen MR) is 144 cm³/mol. The largest absolute Gasteiger partial charge is 0.355 e. The van der Waals surface area contributed by atoms with Gasteiger partial charge in [-0.3, -0.25) is 0 Å². The van der Waals surface area contributed by atoms with Gasteiger partial charge in [-0.25, -0.2) is 0 Å². The van der Waals surface area contributed by atoms with E-state index >= 15 is 0 Å². The highest BCUT2D eigenvalue weighted by molar-refractivity contribution is 8.00. The summed E-state index contributed by atoms with van der Waals surface area (Å²) in [6.45, 7) is 0. The van der Waals surface area contributed by atoms with Gasteiger partial charge in [0.2, 0.25) is 0 Å². The molecule has 34 heavy (non-hydrogen) atoms. The molecule has 2 N–H and O–H groups in total. The van der Waals surface area contributed by atoms with Crippen molar-refractivity contribution in [2.45, 2.75) is 35.3 Å². The highest BCUT2D eigenvalue weighted by atomic mass is 32.2. The summed E-state index contributed by atoms with van der Waals surface area (Å²) in [4.78, 5) is 1.35. The standard InChI is InChI=1S/C31H30N2S/c1-2-12-27(26(9-1)30-20-7-5-8-21(30)19-20)32-22-15-17-23(18-16-22)33-28-13-3-4-14-29(28)34-31-24-10-6-11-25(24)31/h1-7,9-10,12-18,20-21,24-25,30-33H,8,11,19H2/t20-,21+,24-,25?,30?,31?/m1/s1. The summed E-state index contributed by atoms with van der Waals surface area (Å²) in [5.74, 6) is 3.86. The van der Waals surface area contributed by atoms with Gasteiger partial charge in [0, 0.05) is 27.2 Å². The van der Waals surface area contributed by atoms with Crippen LogP contribution in [-0.4, -0.2) is 5.25 Å². The molecule has 0 amide bonds. The fourth-order valence-electron chi connectivity index (χ4n) is 6.29. The van der Waals surface area contributed by atoms with Crippen LogP contribution in [0, 0.1) is 23.7 Å². The van der Waals surface area contributed by atoms with Crippen LogP contribution in [0.3, 0.4) is 0 Å². The van der Waals surface area contributed by atoms with E-state index in [4.69, 9.17) is 0 Å². The van der Waals surface area contributed by atoms with Gasteiger partial charge in [-0.1, -0.05) is 54.6 Å². The predicted octanol–water partition coefficient (Wildman–Crippen LogP) is 8.52. The maximum Gasteiger partial charge on any atom is 0.0522 e. The van der Waals surface area contributed by atoms with Gasteiger partial charge in [0.15, 0.2) is 0 Å². The maximum absolute atomic E-state index is 3.71. The van der Waals surface area contributed by atoms with E-state index in [1.165, 1.54) is 41.1 Å². The van der Waals surface area contributed by atoms with Gasteiger partial charge in [0.25, 0.3) is 0 Å². The number of hydrogen-bond donors (Lipinski definition) is 2. The maximum atomic E-state index is 3.71. The molecule has 0 aliphatic heterocycles. The Labute approximate surface area is 206 Å². The van der Waals surface area contributed by atoms with Gasteiger partial charge in [-0.15, -0.1) is 11.8 Å². The van der Waals surface area contributed by atoms with Crippen LogP contribution >= 0.6 is 11.8 Å². The molecule has 2 saturated carbocycles. The summed E-state index contributed by atoms with van der Waals surface area (Å²) < 4.78 is 0. The van der Waals surface area contributed by atoms with Gasteiger partial charge in [0.1, 0.15) is 0 Å². The fraction of sp³-hybridized carbons (Fsp3) is 0.290. The number of allylic oxidation sites excluding steroid dienone is 4. The van der Waals surface area contributed by atoms with Crippen molar-refractivity contribution in [1.82, 2.24) is 0 Å². The number of nitrogens with one attached hydrogen (secondary N) is 2. The van der Waals surface area contributed by atoms with Crippen molar-refractivity contribution in [3.8, 4) is 0 Å². The molecule has 7 rings (SSSR count). The zero-order valence-electron chi connectivity index (χ0n) is 19.2. The van der Waals surface area contributed by atoms with Crippen LogP contribution in [0.2, 0.25) is 0 Å². The lowest BCUT2D eigenvalue weighted by Gasteiger charge is -2.47. The SMILES string of the molecule is C1=C[C@@H]2C(C1)C2Sc1ccccc1Nc1ccc(Nc2ccccc2C2[C@H]3CC=C[C@@H]2C3)cc1. The van der Waals surface area contributed by atoms with E-state index in [0.717, 1.165) is 40.3 Å². The van der Waals surface area contributed by atoms with Crippen LogP contribution in [0.15, 0.2) is 102 Å². The van der Waals surface area contributed by atoms with Crippen molar-refractivity contribution in [2.75, 3.05) is 10.6 Å². The zero-order chi connectivity index (χ0) is 22.5. The first-order chi connectivity index (χ1) is 16.8. The molecule has 3 unspecified atom stereocenters. The normalized spacial score (nSPS) is 29.9. The van der Waals surface area contributed by atoms with Crippen LogP contribution < -0.4 is 10.6 Å². The summed E-state index contributed by atoms with van der Waals surface area (Å²) in [6, 6.07) is 26.3. The minimum atomic E-state index is 0.671. The Kier molecular flexibility index (Phi) is 5.05. The highest BCUT2D eigenvalue weighted by Gasteiger charge is 2.50. The summed E-state index contributed by atoms with van der Waals surface area (Å²) in [6.07, 6.45) is 13.4. The lowest BCUT2D eigenvalue weighted by Crippen LogP contribution is -2.36. The zero-order valence-corrected chi connectivity index (χ0v) is 20.0. The Balaban J connectivity index is 1.05. The summed E-state index contributed by atoms with van der Waals surface area (Å²) in [7, 11) is 0. The third-order valence-corrected chi connectivity index (χ3v) is 9.75. The van der Waals surface area contributed by atoms with Crippen molar-refractivity contribution in [3.63, 3.8) is 0 Å². The Bertz CT molecular complexity index is 1260. The molecule has 3 aromatic rings. The van der Waals surface area contributed by atoms with Crippen LogP contribution in [0.5, 0.6) is 0 Å². The summed E-state index contributed by atoms with van der Waals surface area (Å²) >= 11 is 2.04. The van der Waals surface area contributed by atoms with E-state index in [9.17, 15) is 0 Å². The molecule has 2 bridgehead atoms. The Morgan fingerprint density at radius 3 is 2.12 bits per heavy atom. The lowest BCUT2D eigenvalue weighted by atomic mass is 9.58. The molecule has 0 saturated heterocycles. The monoisotopic (exact) mass is 462 g/mol. The average Bonchev–Trinajstić information content (AvgIpc) is 3.28. The first kappa shape index (κ1) is 20.5. The van der Waals surface area contributed by atoms with Crippen LogP contribution in [0.25, 0.3) is 0 Å². The molecule has 3 heteroatoms. The van der Waals surface area contributed by atoms with Gasteiger partial charge in [-0.05, 0) is 96.9 Å². The molecule has 0 radical (unpaired) electrons. The molecule has 6 atom stereocenters. The quantitative estimate of drug-likeness (QED) is 0.344. The van der Waals surface area contributed by atoms with E-state index in [1.54, 1.807) is 0 Å². The van der Waals surface area contributed by atoms with E-state index in [0.29, 0.717) is 5.92 Å². The second-order valence-electron chi connectivity index (χ2n) is 10.2. The number of rotatable bonds is 7. The number of fused-ring (bicyclic) bond motifs is 3. The second-order valence-corrected chi connectivity index (χ2v) is 11.5. The Morgan fingerprint density at radius 2 is 1.41 bits per heavy atom. The highest BCUT2D eigenvalue weighted by Crippen LogP contribution is 2.57. The van der Waals surface area contributed by atoms with E-state index in [2.05, 4.69) is 108 Å². The molecule has 170 valence electrons. The first-order valence-electron chi connectivity index (χ1n) is 12.7. The van der Waals surface area contributed by atoms with Gasteiger partial charge in [-0.2, -0.15) is 0 Å². The van der Waals surface area contributed by atoms with Crippen molar-refractivity contribution < 1.29 is 0 Å². The molecular weight excluding hydrogens is 432 g/mol. The molecule has 2 fully saturated rings. The summed E-state index contributed by atoms with van der Waals surface area (Å²) in [5, 5.41) is 8.13. The van der Waals surface area contributed by atoms with Crippen molar-refractivity contribution in [2.24, 2.45) is 23.7 Å². The smallest absolute Gasteiger partial charge is 0.0522 e. The number of thioether (sulfide) groups is 1. The molecule has 4 aliphatic carbocycles. The molecule has 0 spiro atoms. The molecular formula is C31H30N2S. The number of para-hydroxylation sites is 2. The molecule has 4 aliphatic rings. The van der Waals surface area contributed by atoms with Crippen LogP contribution in [-0.2, 0) is 0 Å². The summed E-state index contributed by atoms with van der Waals surface area (Å²) in [5.41, 5.74) is 6.20. The van der Waals surface area contributed by atoms with Gasteiger partial charge >= 0.3 is 0 Å². The Morgan fingerprint density at radius 1 is 0.706 bits per heavy atom. The van der Waals surface area contributed by atoms with Gasteiger partial charge < -0.3 is 10.6 Å². The van der Waals surface area contributed by atoms with Gasteiger partial charge in [0.05, 0.1) is 5.69 Å². The fourth-order valence-corrected chi connectivity index (χ4v) is 7.81. The third kappa shape index (κ3) is 3.67. The number of benzene rings is 3. The topological polar surface area (TPSA) is 24.1 Å². The first-order valence-corrected chi connectivity index (χ1v) is 13.5. The molecule has 2 nitrogen and oxygen atoms in total. The number of anilines is 4. The number of hydrogen-bond acceptors (Lipinski definition) is 3. The lowest BCUT2D eigenvalue weighted by molar-refractivity contribution is 0.170. The van der Waals surface area contributed by atoms with E-state index in [1.807, 2.05) is 11.8 Å². The van der Waals surface area contributed by atoms with Crippen molar-refractivity contribution >= 4 is 34.5 Å². The van der Waals surface area contributed by atoms with Crippen LogP contribution in [0.4, 0.5) is 22.7 Å². The second kappa shape index (κ2) is 8.39. The van der Waals surface area contributed by atoms with E-state index < -0.39 is 0 Å². The van der Waals surface area contributed by atoms with Crippen molar-refractivity contribution in [3.05, 3.63) is 103 Å². The van der Waals surface area contributed by atoms with Crippen LogP contribution in [0.1, 0.15) is 30.7 Å². The Hall–Kier alpha value is -2.91. The third-order valence-electron chi connectivity index (χ3n) is 8.20. The van der Waals surface area contributed by atoms with Crippen molar-refractivity contribution in [1.29, 1.82) is 0 Å². The molecule has 0 heterocycles.